The van der Waals surface area contributed by atoms with Crippen LogP contribution in [0.1, 0.15) is 10.4 Å². The van der Waals surface area contributed by atoms with Gasteiger partial charge in [0.15, 0.2) is 0 Å². The van der Waals surface area contributed by atoms with Crippen LogP contribution in [-0.2, 0) is 0 Å². The second-order valence-corrected chi connectivity index (χ2v) is 3.15. The van der Waals surface area contributed by atoms with Gasteiger partial charge < -0.3 is 4.74 Å². The molecule has 0 aliphatic heterocycles. The molecule has 4 nitrogen and oxygen atoms in total. The second kappa shape index (κ2) is 5.38. The summed E-state index contributed by atoms with van der Waals surface area (Å²) in [6.45, 7) is 3.82. The van der Waals surface area contributed by atoms with Gasteiger partial charge in [0, 0.05) is 5.02 Å². The van der Waals surface area contributed by atoms with Gasteiger partial charge in [-0.25, -0.2) is 5.84 Å². The molecule has 0 aromatic heterocycles. The van der Waals surface area contributed by atoms with E-state index >= 15 is 0 Å². The van der Waals surface area contributed by atoms with E-state index in [9.17, 15) is 4.79 Å². The number of nitrogens with one attached hydrogen (secondary N) is 1. The van der Waals surface area contributed by atoms with Crippen molar-refractivity contribution in [1.82, 2.24) is 5.43 Å². The number of rotatable bonds is 4. The minimum atomic E-state index is -0.448. The normalized spacial score (nSPS) is 9.47. The van der Waals surface area contributed by atoms with E-state index in [0.29, 0.717) is 22.9 Å². The van der Waals surface area contributed by atoms with Crippen LogP contribution in [0.5, 0.6) is 5.75 Å². The molecule has 0 saturated heterocycles. The topological polar surface area (TPSA) is 64.3 Å². The number of hydrazine groups is 1. The van der Waals surface area contributed by atoms with Crippen LogP contribution in [0, 0.1) is 0 Å². The molecule has 5 heteroatoms. The number of benzene rings is 1. The molecule has 3 N–H and O–H groups in total. The fourth-order valence-corrected chi connectivity index (χ4v) is 1.20. The van der Waals surface area contributed by atoms with Crippen molar-refractivity contribution in [3.8, 4) is 5.75 Å². The molecular formula is C10H11ClN2O2. The van der Waals surface area contributed by atoms with Crippen LogP contribution in [0.4, 0.5) is 0 Å². The van der Waals surface area contributed by atoms with Crippen LogP contribution in [0.3, 0.4) is 0 Å². The lowest BCUT2D eigenvalue weighted by Gasteiger charge is -2.09. The zero-order valence-electron chi connectivity index (χ0n) is 8.00. The SMILES string of the molecule is C=CCOc1ccc(Cl)cc1C(=O)NN. The Hall–Kier alpha value is -1.52. The highest BCUT2D eigenvalue weighted by molar-refractivity contribution is 6.31. The first-order valence-electron chi connectivity index (χ1n) is 4.23. The van der Waals surface area contributed by atoms with Gasteiger partial charge in [-0.1, -0.05) is 24.3 Å². The van der Waals surface area contributed by atoms with Crippen LogP contribution in [0.15, 0.2) is 30.9 Å². The quantitative estimate of drug-likeness (QED) is 0.354. The van der Waals surface area contributed by atoms with Crippen molar-refractivity contribution in [3.05, 3.63) is 41.4 Å². The average Bonchev–Trinajstić information content (AvgIpc) is 2.26. The Kier molecular flexibility index (Phi) is 4.15. The number of amides is 1. The predicted molar refractivity (Wildman–Crippen MR) is 58.8 cm³/mol. The Morgan fingerprint density at radius 3 is 3.00 bits per heavy atom. The van der Waals surface area contributed by atoms with Crippen molar-refractivity contribution in [3.63, 3.8) is 0 Å². The van der Waals surface area contributed by atoms with Crippen LogP contribution in [-0.4, -0.2) is 12.5 Å². The van der Waals surface area contributed by atoms with Crippen LogP contribution in [0.25, 0.3) is 0 Å². The molecule has 0 bridgehead atoms. The zero-order valence-corrected chi connectivity index (χ0v) is 8.75. The average molecular weight is 227 g/mol. The molecule has 0 aliphatic rings. The molecule has 1 amide bonds. The summed E-state index contributed by atoms with van der Waals surface area (Å²) in [5.41, 5.74) is 2.32. The number of nitrogen functional groups attached to an aromatic ring is 1. The third-order valence-corrected chi connectivity index (χ3v) is 1.91. The van der Waals surface area contributed by atoms with Crippen LogP contribution in [0.2, 0.25) is 5.02 Å². The van der Waals surface area contributed by atoms with Gasteiger partial charge in [0.25, 0.3) is 5.91 Å². The number of halogens is 1. The summed E-state index contributed by atoms with van der Waals surface area (Å²) in [6, 6.07) is 4.73. The zero-order chi connectivity index (χ0) is 11.3. The van der Waals surface area contributed by atoms with Crippen molar-refractivity contribution in [2.75, 3.05) is 6.61 Å². The third kappa shape index (κ3) is 2.97. The first kappa shape index (κ1) is 11.6. The lowest BCUT2D eigenvalue weighted by molar-refractivity contribution is 0.0950. The third-order valence-electron chi connectivity index (χ3n) is 1.67. The molecule has 80 valence electrons. The first-order valence-corrected chi connectivity index (χ1v) is 4.61. The molecule has 0 unspecified atom stereocenters. The van der Waals surface area contributed by atoms with E-state index in [1.165, 1.54) is 6.07 Å². The van der Waals surface area contributed by atoms with E-state index in [0.717, 1.165) is 0 Å². The summed E-state index contributed by atoms with van der Waals surface area (Å²) >= 11 is 5.76. The maximum atomic E-state index is 11.3. The second-order valence-electron chi connectivity index (χ2n) is 2.71. The van der Waals surface area contributed by atoms with E-state index in [1.807, 2.05) is 5.43 Å². The minimum Gasteiger partial charge on any atom is -0.489 e. The van der Waals surface area contributed by atoms with Gasteiger partial charge in [-0.3, -0.25) is 10.2 Å². The van der Waals surface area contributed by atoms with Crippen molar-refractivity contribution >= 4 is 17.5 Å². The van der Waals surface area contributed by atoms with Crippen molar-refractivity contribution in [2.45, 2.75) is 0 Å². The number of nitrogens with two attached hydrogens (primary N) is 1. The van der Waals surface area contributed by atoms with E-state index in [1.54, 1.807) is 18.2 Å². The number of carbonyl (C=O) groups excluding carboxylic acids is 1. The van der Waals surface area contributed by atoms with E-state index in [-0.39, 0.29) is 0 Å². The molecule has 0 aliphatic carbocycles. The van der Waals surface area contributed by atoms with Gasteiger partial charge in [-0.2, -0.15) is 0 Å². The number of hydrogen-bond donors (Lipinski definition) is 2. The van der Waals surface area contributed by atoms with Gasteiger partial charge in [-0.15, -0.1) is 0 Å². The standard InChI is InChI=1S/C10H11ClN2O2/c1-2-5-15-9-4-3-7(11)6-8(9)10(14)13-12/h2-4,6H,1,5,12H2,(H,13,14). The van der Waals surface area contributed by atoms with Gasteiger partial charge in [0.2, 0.25) is 0 Å². The Labute approximate surface area is 92.6 Å². The van der Waals surface area contributed by atoms with Crippen LogP contribution < -0.4 is 16.0 Å². The molecule has 0 spiro atoms. The monoisotopic (exact) mass is 226 g/mol. The summed E-state index contributed by atoms with van der Waals surface area (Å²) in [4.78, 5) is 11.3. The molecule has 15 heavy (non-hydrogen) atoms. The molecular weight excluding hydrogens is 216 g/mol. The largest absolute Gasteiger partial charge is 0.489 e. The first-order chi connectivity index (χ1) is 7.19. The molecule has 0 radical (unpaired) electrons. The van der Waals surface area contributed by atoms with E-state index in [4.69, 9.17) is 22.2 Å². The van der Waals surface area contributed by atoms with E-state index in [2.05, 4.69) is 6.58 Å². The van der Waals surface area contributed by atoms with Crippen molar-refractivity contribution < 1.29 is 9.53 Å². The summed E-state index contributed by atoms with van der Waals surface area (Å²) in [5, 5.41) is 0.444. The van der Waals surface area contributed by atoms with E-state index < -0.39 is 5.91 Å². The Bertz CT molecular complexity index is 380. The lowest BCUT2D eigenvalue weighted by Crippen LogP contribution is -2.30. The predicted octanol–water partition coefficient (Wildman–Crippen LogP) is 1.51. The van der Waals surface area contributed by atoms with Gasteiger partial charge in [0.05, 0.1) is 5.56 Å². The highest BCUT2D eigenvalue weighted by Gasteiger charge is 2.11. The molecule has 0 saturated carbocycles. The maximum absolute atomic E-state index is 11.3. The highest BCUT2D eigenvalue weighted by atomic mass is 35.5. The van der Waals surface area contributed by atoms with Gasteiger partial charge >= 0.3 is 0 Å². The fraction of sp³-hybridized carbons (Fsp3) is 0.100. The molecule has 1 aromatic carbocycles. The Morgan fingerprint density at radius 2 is 2.40 bits per heavy atom. The fourth-order valence-electron chi connectivity index (χ4n) is 1.03. The molecule has 0 fully saturated rings. The number of ether oxygens (including phenoxy) is 1. The number of carbonyl (C=O) groups is 1. The summed E-state index contributed by atoms with van der Waals surface area (Å²) in [7, 11) is 0. The van der Waals surface area contributed by atoms with Gasteiger partial charge in [-0.05, 0) is 18.2 Å². The lowest BCUT2D eigenvalue weighted by atomic mass is 10.2. The van der Waals surface area contributed by atoms with Crippen molar-refractivity contribution in [1.29, 1.82) is 0 Å². The highest BCUT2D eigenvalue weighted by Crippen LogP contribution is 2.22. The molecule has 1 aromatic rings. The van der Waals surface area contributed by atoms with Crippen LogP contribution >= 0.6 is 11.6 Å². The smallest absolute Gasteiger partial charge is 0.268 e. The molecule has 0 atom stereocenters. The molecule has 1 rings (SSSR count). The summed E-state index contributed by atoms with van der Waals surface area (Å²) in [5.74, 6) is 5.00. The minimum absolute atomic E-state index is 0.298. The Balaban J connectivity index is 3.02. The van der Waals surface area contributed by atoms with Crippen molar-refractivity contribution in [2.24, 2.45) is 5.84 Å². The number of hydrogen-bond acceptors (Lipinski definition) is 3. The molecule has 0 heterocycles. The maximum Gasteiger partial charge on any atom is 0.268 e. The summed E-state index contributed by atoms with van der Waals surface area (Å²) < 4.78 is 5.27. The summed E-state index contributed by atoms with van der Waals surface area (Å²) in [6.07, 6.45) is 1.58. The Morgan fingerprint density at radius 1 is 1.67 bits per heavy atom. The van der Waals surface area contributed by atoms with Gasteiger partial charge in [0.1, 0.15) is 12.4 Å².